The zero-order valence-corrected chi connectivity index (χ0v) is 11.7. The number of H-pyrrole nitrogens is 1. The number of aromatic amines is 1. The Kier molecular flexibility index (Phi) is 4.42. The molecule has 3 rings (SSSR count). The number of hydrogen-bond donors (Lipinski definition) is 2. The molecule has 6 heteroatoms. The van der Waals surface area contributed by atoms with Gasteiger partial charge >= 0.3 is 5.69 Å². The summed E-state index contributed by atoms with van der Waals surface area (Å²) in [7, 11) is 0. The SMILES string of the molecule is Cl.O=c1[nH]c2c(c(=O)n1Cc1ccccc1)CNCC2. The van der Waals surface area contributed by atoms with Crippen molar-refractivity contribution >= 4 is 12.4 Å². The van der Waals surface area contributed by atoms with E-state index in [0.717, 1.165) is 17.8 Å². The Hall–Kier alpha value is -1.85. The Morgan fingerprint density at radius 2 is 1.90 bits per heavy atom. The molecule has 0 bridgehead atoms. The average molecular weight is 294 g/mol. The Morgan fingerprint density at radius 1 is 1.15 bits per heavy atom. The van der Waals surface area contributed by atoms with Crippen molar-refractivity contribution in [3.63, 3.8) is 0 Å². The lowest BCUT2D eigenvalue weighted by Crippen LogP contribution is -2.42. The minimum Gasteiger partial charge on any atom is -0.312 e. The summed E-state index contributed by atoms with van der Waals surface area (Å²) in [6, 6.07) is 9.52. The van der Waals surface area contributed by atoms with Gasteiger partial charge in [0.15, 0.2) is 0 Å². The summed E-state index contributed by atoms with van der Waals surface area (Å²) in [6.07, 6.45) is 0.700. The molecule has 5 nitrogen and oxygen atoms in total. The quantitative estimate of drug-likeness (QED) is 0.854. The van der Waals surface area contributed by atoms with E-state index < -0.39 is 0 Å². The van der Waals surface area contributed by atoms with Crippen molar-refractivity contribution in [3.05, 3.63) is 68.0 Å². The number of nitrogens with one attached hydrogen (secondary N) is 2. The van der Waals surface area contributed by atoms with E-state index in [4.69, 9.17) is 0 Å². The van der Waals surface area contributed by atoms with Crippen LogP contribution in [-0.4, -0.2) is 16.1 Å². The van der Waals surface area contributed by atoms with Crippen LogP contribution in [-0.2, 0) is 19.5 Å². The van der Waals surface area contributed by atoms with Crippen LogP contribution in [0.5, 0.6) is 0 Å². The molecule has 0 radical (unpaired) electrons. The van der Waals surface area contributed by atoms with Crippen molar-refractivity contribution < 1.29 is 0 Å². The van der Waals surface area contributed by atoms with Gasteiger partial charge in [-0.05, 0) is 5.56 Å². The zero-order valence-electron chi connectivity index (χ0n) is 10.9. The molecule has 20 heavy (non-hydrogen) atoms. The molecule has 0 unspecified atom stereocenters. The minimum atomic E-state index is -0.325. The number of benzene rings is 1. The fourth-order valence-electron chi connectivity index (χ4n) is 2.39. The predicted molar refractivity (Wildman–Crippen MR) is 79.5 cm³/mol. The molecule has 1 aromatic heterocycles. The van der Waals surface area contributed by atoms with Gasteiger partial charge in [0.05, 0.1) is 12.1 Å². The van der Waals surface area contributed by atoms with Gasteiger partial charge in [0.1, 0.15) is 0 Å². The highest BCUT2D eigenvalue weighted by atomic mass is 35.5. The molecule has 0 saturated heterocycles. The largest absolute Gasteiger partial charge is 0.328 e. The Morgan fingerprint density at radius 3 is 2.65 bits per heavy atom. The maximum atomic E-state index is 12.3. The third kappa shape index (κ3) is 2.69. The molecule has 0 spiro atoms. The highest BCUT2D eigenvalue weighted by molar-refractivity contribution is 5.85. The van der Waals surface area contributed by atoms with Crippen molar-refractivity contribution in [1.29, 1.82) is 0 Å². The number of aromatic nitrogens is 2. The average Bonchev–Trinajstić information content (AvgIpc) is 2.45. The Bertz CT molecular complexity index is 707. The standard InChI is InChI=1S/C14H15N3O2.ClH/c18-13-11-8-15-7-6-12(11)16-14(19)17(13)9-10-4-2-1-3-5-10;/h1-5,15H,6-9H2,(H,16,19);1H. The monoisotopic (exact) mass is 293 g/mol. The normalized spacial score (nSPS) is 13.4. The first kappa shape index (κ1) is 14.6. The van der Waals surface area contributed by atoms with Gasteiger partial charge in [-0.15, -0.1) is 12.4 Å². The van der Waals surface area contributed by atoms with Crippen LogP contribution in [0.25, 0.3) is 0 Å². The fraction of sp³-hybridized carbons (Fsp3) is 0.286. The van der Waals surface area contributed by atoms with Crippen LogP contribution in [0.4, 0.5) is 0 Å². The molecule has 0 aliphatic carbocycles. The number of nitrogens with zero attached hydrogens (tertiary/aromatic N) is 1. The van der Waals surface area contributed by atoms with Gasteiger partial charge in [-0.25, -0.2) is 4.79 Å². The van der Waals surface area contributed by atoms with Crippen LogP contribution in [0.2, 0.25) is 0 Å². The minimum absolute atomic E-state index is 0. The van der Waals surface area contributed by atoms with E-state index >= 15 is 0 Å². The fourth-order valence-corrected chi connectivity index (χ4v) is 2.39. The van der Waals surface area contributed by atoms with Crippen LogP contribution >= 0.6 is 12.4 Å². The number of fused-ring (bicyclic) bond motifs is 1. The smallest absolute Gasteiger partial charge is 0.312 e. The maximum absolute atomic E-state index is 12.3. The Labute approximate surface area is 122 Å². The van der Waals surface area contributed by atoms with Gasteiger partial charge in [0.2, 0.25) is 0 Å². The van der Waals surface area contributed by atoms with Crippen LogP contribution in [0.15, 0.2) is 39.9 Å². The molecule has 0 saturated carbocycles. The van der Waals surface area contributed by atoms with Gasteiger partial charge in [-0.3, -0.25) is 9.36 Å². The summed E-state index contributed by atoms with van der Waals surface area (Å²) in [5.74, 6) is 0. The first-order valence-corrected chi connectivity index (χ1v) is 6.35. The first-order valence-electron chi connectivity index (χ1n) is 6.35. The lowest BCUT2D eigenvalue weighted by molar-refractivity contribution is 0.585. The van der Waals surface area contributed by atoms with Crippen molar-refractivity contribution in [1.82, 2.24) is 14.9 Å². The van der Waals surface area contributed by atoms with E-state index in [9.17, 15) is 9.59 Å². The molecule has 0 amide bonds. The summed E-state index contributed by atoms with van der Waals surface area (Å²) in [6.45, 7) is 1.63. The van der Waals surface area contributed by atoms with Crippen LogP contribution in [0.1, 0.15) is 16.8 Å². The topological polar surface area (TPSA) is 66.9 Å². The second-order valence-electron chi connectivity index (χ2n) is 4.69. The summed E-state index contributed by atoms with van der Waals surface area (Å²) in [5, 5.41) is 3.16. The van der Waals surface area contributed by atoms with Crippen molar-refractivity contribution in [2.75, 3.05) is 6.54 Å². The van der Waals surface area contributed by atoms with Gasteiger partial charge in [0.25, 0.3) is 5.56 Å². The maximum Gasteiger partial charge on any atom is 0.328 e. The molecule has 1 aliphatic heterocycles. The number of rotatable bonds is 2. The first-order chi connectivity index (χ1) is 9.25. The van der Waals surface area contributed by atoms with E-state index in [2.05, 4.69) is 10.3 Å². The van der Waals surface area contributed by atoms with E-state index in [1.165, 1.54) is 4.57 Å². The zero-order chi connectivity index (χ0) is 13.2. The summed E-state index contributed by atoms with van der Waals surface area (Å²) >= 11 is 0. The molecular formula is C14H16ClN3O2. The number of hydrogen-bond acceptors (Lipinski definition) is 3. The molecule has 1 aromatic carbocycles. The third-order valence-electron chi connectivity index (χ3n) is 3.41. The molecule has 1 aliphatic rings. The van der Waals surface area contributed by atoms with Gasteiger partial charge in [0, 0.05) is 25.2 Å². The van der Waals surface area contributed by atoms with Gasteiger partial charge in [-0.2, -0.15) is 0 Å². The van der Waals surface area contributed by atoms with Gasteiger partial charge < -0.3 is 10.3 Å². The van der Waals surface area contributed by atoms with Gasteiger partial charge in [-0.1, -0.05) is 30.3 Å². The predicted octanol–water partition coefficient (Wildman–Crippen LogP) is 0.652. The number of halogens is 1. The van der Waals surface area contributed by atoms with Crippen LogP contribution in [0, 0.1) is 0 Å². The molecule has 2 heterocycles. The molecule has 0 atom stereocenters. The molecule has 106 valence electrons. The second kappa shape index (κ2) is 6.07. The molecule has 2 N–H and O–H groups in total. The summed E-state index contributed by atoms with van der Waals surface area (Å²) < 4.78 is 1.27. The summed E-state index contributed by atoms with van der Waals surface area (Å²) in [5.41, 5.74) is 1.89. The van der Waals surface area contributed by atoms with E-state index in [1.807, 2.05) is 30.3 Å². The Balaban J connectivity index is 0.00000147. The van der Waals surface area contributed by atoms with Crippen LogP contribution < -0.4 is 16.6 Å². The highest BCUT2D eigenvalue weighted by Gasteiger charge is 2.16. The van der Waals surface area contributed by atoms with Crippen molar-refractivity contribution in [3.8, 4) is 0 Å². The van der Waals surface area contributed by atoms with E-state index in [1.54, 1.807) is 0 Å². The third-order valence-corrected chi connectivity index (χ3v) is 3.41. The summed E-state index contributed by atoms with van der Waals surface area (Å²) in [4.78, 5) is 27.2. The molecule has 0 fully saturated rings. The second-order valence-corrected chi connectivity index (χ2v) is 4.69. The van der Waals surface area contributed by atoms with Crippen LogP contribution in [0.3, 0.4) is 0 Å². The lowest BCUT2D eigenvalue weighted by atomic mass is 10.1. The lowest BCUT2D eigenvalue weighted by Gasteiger charge is -2.17. The van der Waals surface area contributed by atoms with Crippen molar-refractivity contribution in [2.45, 2.75) is 19.5 Å². The highest BCUT2D eigenvalue weighted by Crippen LogP contribution is 2.05. The molecule has 2 aromatic rings. The van der Waals surface area contributed by atoms with E-state index in [0.29, 0.717) is 25.1 Å². The van der Waals surface area contributed by atoms with Crippen molar-refractivity contribution in [2.24, 2.45) is 0 Å². The van der Waals surface area contributed by atoms with E-state index in [-0.39, 0.29) is 23.7 Å². The molecular weight excluding hydrogens is 278 g/mol.